The minimum atomic E-state index is -0.471. The summed E-state index contributed by atoms with van der Waals surface area (Å²) < 4.78 is 6.94. The van der Waals surface area contributed by atoms with Crippen LogP contribution in [0.3, 0.4) is 0 Å². The number of fused-ring (bicyclic) bond motifs is 4. The molecule has 5 heteroatoms. The van der Waals surface area contributed by atoms with Gasteiger partial charge in [-0.25, -0.2) is 0 Å². The van der Waals surface area contributed by atoms with Gasteiger partial charge in [-0.05, 0) is 117 Å². The van der Waals surface area contributed by atoms with Gasteiger partial charge >= 0.3 is 0 Å². The van der Waals surface area contributed by atoms with Crippen LogP contribution in [-0.2, 0) is 9.53 Å². The molecule has 0 aromatic heterocycles. The first-order chi connectivity index (χ1) is 18.0. The van der Waals surface area contributed by atoms with Gasteiger partial charge in [-0.15, -0.1) is 0 Å². The number of hydrogen-bond acceptors (Lipinski definition) is 4. The van der Waals surface area contributed by atoms with E-state index < -0.39 is 6.10 Å². The third-order valence-electron chi connectivity index (χ3n) is 14.7. The Hall–Kier alpha value is -0.650. The molecule has 1 aliphatic heterocycles. The van der Waals surface area contributed by atoms with Gasteiger partial charge in [-0.3, -0.25) is 4.79 Å². The quantitative estimate of drug-likeness (QED) is 0.445. The van der Waals surface area contributed by atoms with Crippen LogP contribution in [0.1, 0.15) is 120 Å². The summed E-state index contributed by atoms with van der Waals surface area (Å²) in [7, 11) is 0. The number of rotatable bonds is 3. The zero-order chi connectivity index (χ0) is 28.6. The monoisotopic (exact) mass is 543 g/mol. The van der Waals surface area contributed by atoms with E-state index in [0.717, 1.165) is 19.3 Å². The van der Waals surface area contributed by atoms with Crippen LogP contribution in [0.5, 0.6) is 0 Å². The molecule has 2 spiro atoms. The van der Waals surface area contributed by atoms with Gasteiger partial charge in [0.1, 0.15) is 0 Å². The summed E-state index contributed by atoms with van der Waals surface area (Å²) >= 11 is 0. The van der Waals surface area contributed by atoms with E-state index in [-0.39, 0.29) is 46.0 Å². The number of hydrogen-bond donors (Lipinski definition) is 2. The fraction of sp³-hybridized carbons (Fsp3) is 0.971. The van der Waals surface area contributed by atoms with Gasteiger partial charge in [-0.1, -0.05) is 41.5 Å². The topological polar surface area (TPSA) is 70.0 Å². The number of amides is 1. The molecule has 3 unspecified atom stereocenters. The zero-order valence-corrected chi connectivity index (χ0v) is 26.3. The summed E-state index contributed by atoms with van der Waals surface area (Å²) in [5.41, 5.74) is 0.316. The second-order valence-corrected chi connectivity index (χ2v) is 17.2. The summed E-state index contributed by atoms with van der Waals surface area (Å²) in [4.78, 5) is 14.9. The van der Waals surface area contributed by atoms with Crippen molar-refractivity contribution in [2.75, 3.05) is 6.54 Å². The molecule has 2 N–H and O–H groups in total. The van der Waals surface area contributed by atoms with Gasteiger partial charge in [0.2, 0.25) is 5.91 Å². The summed E-state index contributed by atoms with van der Waals surface area (Å²) in [6.07, 6.45) is 8.83. The van der Waals surface area contributed by atoms with Crippen LogP contribution < -0.4 is 0 Å². The molecule has 6 rings (SSSR count). The Morgan fingerprint density at radius 1 is 0.974 bits per heavy atom. The Balaban J connectivity index is 1.30. The van der Waals surface area contributed by atoms with Crippen LogP contribution >= 0.6 is 0 Å². The average Bonchev–Trinajstić information content (AvgIpc) is 3.49. The maximum absolute atomic E-state index is 12.9. The summed E-state index contributed by atoms with van der Waals surface area (Å²) in [5.74, 6) is 2.11. The lowest BCUT2D eigenvalue weighted by Gasteiger charge is -2.63. The standard InChI is InChI=1S/C34H57NO4/c1-10-25(37)35(29(3,4)5)18-21-17-20(2)26-27(39-21)28(38)32(9)23-12-11-22-30(6,7)24(36)13-14-33(22)19-34(23,33)16-15-31(26,32)8/h20-24,26-28,36,38H,10-19H2,1-9H3/t20-,21?,22+,23?,24+,26+,27?,28+,31-,32-,33-,34+/m1/s1. The Labute approximate surface area is 237 Å². The second kappa shape index (κ2) is 8.47. The van der Waals surface area contributed by atoms with Gasteiger partial charge in [-0.2, -0.15) is 0 Å². The van der Waals surface area contributed by atoms with Crippen molar-refractivity contribution in [2.24, 2.45) is 50.7 Å². The first-order valence-electron chi connectivity index (χ1n) is 16.3. The van der Waals surface area contributed by atoms with Crippen molar-refractivity contribution >= 4 is 5.91 Å². The molecule has 5 nitrogen and oxygen atoms in total. The van der Waals surface area contributed by atoms with E-state index in [2.05, 4.69) is 55.4 Å². The van der Waals surface area contributed by atoms with Crippen LogP contribution in [0.15, 0.2) is 0 Å². The molecule has 5 aliphatic carbocycles. The number of aliphatic hydroxyl groups excluding tert-OH is 2. The van der Waals surface area contributed by atoms with Gasteiger partial charge < -0.3 is 19.8 Å². The fourth-order valence-electron chi connectivity index (χ4n) is 12.7. The van der Waals surface area contributed by atoms with Crippen LogP contribution in [-0.4, -0.2) is 57.5 Å². The van der Waals surface area contributed by atoms with Crippen LogP contribution in [0.4, 0.5) is 0 Å². The minimum Gasteiger partial charge on any atom is -0.393 e. The van der Waals surface area contributed by atoms with E-state index in [1.54, 1.807) is 0 Å². The van der Waals surface area contributed by atoms with Crippen molar-refractivity contribution in [1.82, 2.24) is 4.90 Å². The molecule has 39 heavy (non-hydrogen) atoms. The van der Waals surface area contributed by atoms with Gasteiger partial charge in [0, 0.05) is 23.9 Å². The fourth-order valence-corrected chi connectivity index (χ4v) is 12.7. The van der Waals surface area contributed by atoms with Crippen molar-refractivity contribution in [3.05, 3.63) is 0 Å². The van der Waals surface area contributed by atoms with Crippen molar-refractivity contribution in [3.63, 3.8) is 0 Å². The Kier molecular flexibility index (Phi) is 6.18. The maximum atomic E-state index is 12.9. The Bertz CT molecular complexity index is 1020. The highest BCUT2D eigenvalue weighted by molar-refractivity contribution is 5.76. The molecular weight excluding hydrogens is 486 g/mol. The van der Waals surface area contributed by atoms with E-state index >= 15 is 0 Å². The minimum absolute atomic E-state index is 0.0175. The van der Waals surface area contributed by atoms with E-state index in [9.17, 15) is 15.0 Å². The molecule has 1 heterocycles. The van der Waals surface area contributed by atoms with E-state index in [0.29, 0.717) is 47.5 Å². The van der Waals surface area contributed by atoms with Crippen molar-refractivity contribution in [2.45, 2.75) is 150 Å². The van der Waals surface area contributed by atoms with Crippen LogP contribution in [0.25, 0.3) is 0 Å². The highest BCUT2D eigenvalue weighted by Gasteiger charge is 2.84. The summed E-state index contributed by atoms with van der Waals surface area (Å²) in [6.45, 7) is 20.9. The molecule has 12 atom stereocenters. The molecule has 6 fully saturated rings. The molecule has 0 aromatic carbocycles. The van der Waals surface area contributed by atoms with Crippen LogP contribution in [0, 0.1) is 50.7 Å². The lowest BCUT2D eigenvalue weighted by molar-refractivity contribution is -0.182. The average molecular weight is 544 g/mol. The largest absolute Gasteiger partial charge is 0.393 e. The highest BCUT2D eigenvalue weighted by atomic mass is 16.5. The molecule has 0 aromatic rings. The van der Waals surface area contributed by atoms with E-state index in [4.69, 9.17) is 4.74 Å². The number of ether oxygens (including phenoxy) is 1. The SMILES string of the molecule is CCC(=O)N(CC1C[C@@H](C)[C@H]2C(O1)[C@H](O)[C@@]1(C)C3CC[C@H]4C(C)(C)[C@@H](O)CC[C@@]45C[C@@]35CC[C@]21C)C(C)(C)C. The predicted octanol–water partition coefficient (Wildman–Crippen LogP) is 6.20. The Morgan fingerprint density at radius 2 is 1.62 bits per heavy atom. The smallest absolute Gasteiger partial charge is 0.222 e. The van der Waals surface area contributed by atoms with Crippen molar-refractivity contribution < 1.29 is 19.7 Å². The van der Waals surface area contributed by atoms with Crippen molar-refractivity contribution in [1.29, 1.82) is 0 Å². The number of carbonyl (C=O) groups excluding carboxylic acids is 1. The van der Waals surface area contributed by atoms with Crippen molar-refractivity contribution in [3.8, 4) is 0 Å². The predicted molar refractivity (Wildman–Crippen MR) is 154 cm³/mol. The lowest BCUT2D eigenvalue weighted by atomic mass is 9.41. The summed E-state index contributed by atoms with van der Waals surface area (Å²) in [6, 6.07) is 0. The van der Waals surface area contributed by atoms with E-state index in [1.165, 1.54) is 32.1 Å². The first-order valence-corrected chi connectivity index (χ1v) is 16.3. The summed E-state index contributed by atoms with van der Waals surface area (Å²) in [5, 5.41) is 23.4. The van der Waals surface area contributed by atoms with Gasteiger partial charge in [0.05, 0.1) is 24.4 Å². The number of aliphatic hydroxyl groups is 2. The molecule has 1 saturated heterocycles. The Morgan fingerprint density at radius 3 is 2.26 bits per heavy atom. The molecule has 1 amide bonds. The molecule has 222 valence electrons. The zero-order valence-electron chi connectivity index (χ0n) is 26.3. The molecule has 5 saturated carbocycles. The lowest BCUT2D eigenvalue weighted by Crippen LogP contribution is -2.59. The molecule has 6 aliphatic rings. The first kappa shape index (κ1) is 28.5. The highest BCUT2D eigenvalue weighted by Crippen LogP contribution is 2.89. The van der Waals surface area contributed by atoms with Gasteiger partial charge in [0.15, 0.2) is 0 Å². The van der Waals surface area contributed by atoms with Crippen LogP contribution in [0.2, 0.25) is 0 Å². The second-order valence-electron chi connectivity index (χ2n) is 17.2. The third-order valence-corrected chi connectivity index (χ3v) is 14.7. The third kappa shape index (κ3) is 3.39. The normalized spacial score (nSPS) is 53.5. The van der Waals surface area contributed by atoms with E-state index in [1.807, 2.05) is 11.8 Å². The molecule has 0 radical (unpaired) electrons. The number of nitrogens with zero attached hydrogens (tertiary/aromatic N) is 1. The maximum Gasteiger partial charge on any atom is 0.222 e. The molecular formula is C34H57NO4. The molecule has 0 bridgehead atoms. The van der Waals surface area contributed by atoms with Gasteiger partial charge in [0.25, 0.3) is 0 Å². The number of carbonyl (C=O) groups is 1.